The Morgan fingerprint density at radius 2 is 2.04 bits per heavy atom. The quantitative estimate of drug-likeness (QED) is 0.870. The van der Waals surface area contributed by atoms with Gasteiger partial charge in [-0.15, -0.1) is 0 Å². The zero-order valence-electron chi connectivity index (χ0n) is 15.4. The maximum absolute atomic E-state index is 12.7. The predicted molar refractivity (Wildman–Crippen MR) is 100 cm³/mol. The summed E-state index contributed by atoms with van der Waals surface area (Å²) >= 11 is 0. The van der Waals surface area contributed by atoms with E-state index >= 15 is 0 Å². The molecule has 0 radical (unpaired) electrons. The molecule has 1 amide bonds. The Morgan fingerprint density at radius 1 is 1.22 bits per heavy atom. The topological polar surface area (TPSA) is 92.2 Å². The number of rotatable bonds is 3. The minimum atomic E-state index is -0.442. The molecule has 142 valence electrons. The SMILES string of the molecule is CC1CCCCC1NC(=O)c1cc2c([nH]c1=O)CC(c1ccco1)CC2=O. The van der Waals surface area contributed by atoms with E-state index in [9.17, 15) is 14.4 Å². The second-order valence-corrected chi connectivity index (χ2v) is 7.79. The maximum atomic E-state index is 12.7. The molecule has 2 heterocycles. The van der Waals surface area contributed by atoms with Crippen LogP contribution in [0.15, 0.2) is 33.7 Å². The van der Waals surface area contributed by atoms with Gasteiger partial charge < -0.3 is 14.7 Å². The number of ketones is 1. The molecule has 1 fully saturated rings. The molecule has 0 aliphatic heterocycles. The number of fused-ring (bicyclic) bond motifs is 1. The fourth-order valence-electron chi connectivity index (χ4n) is 4.30. The maximum Gasteiger partial charge on any atom is 0.261 e. The Balaban J connectivity index is 1.58. The Morgan fingerprint density at radius 3 is 2.78 bits per heavy atom. The highest BCUT2D eigenvalue weighted by Crippen LogP contribution is 2.32. The van der Waals surface area contributed by atoms with Gasteiger partial charge in [0.1, 0.15) is 11.3 Å². The van der Waals surface area contributed by atoms with Crippen LogP contribution in [-0.4, -0.2) is 22.7 Å². The second kappa shape index (κ2) is 7.18. The number of furan rings is 1. The molecular weight excluding hydrogens is 344 g/mol. The average Bonchev–Trinajstić information content (AvgIpc) is 3.17. The first-order chi connectivity index (χ1) is 13.0. The Bertz CT molecular complexity index is 913. The van der Waals surface area contributed by atoms with Gasteiger partial charge in [-0.2, -0.15) is 0 Å². The van der Waals surface area contributed by atoms with Crippen molar-refractivity contribution in [2.75, 3.05) is 0 Å². The molecule has 0 aromatic carbocycles. The van der Waals surface area contributed by atoms with Gasteiger partial charge in [0.2, 0.25) is 0 Å². The van der Waals surface area contributed by atoms with Crippen LogP contribution < -0.4 is 10.9 Å². The van der Waals surface area contributed by atoms with E-state index in [1.807, 2.05) is 6.07 Å². The third-order valence-electron chi connectivity index (χ3n) is 5.92. The highest BCUT2D eigenvalue weighted by Gasteiger charge is 2.31. The van der Waals surface area contributed by atoms with Crippen molar-refractivity contribution in [2.24, 2.45) is 5.92 Å². The molecule has 2 aliphatic carbocycles. The van der Waals surface area contributed by atoms with E-state index in [4.69, 9.17) is 4.42 Å². The standard InChI is InChI=1S/C21H24N2O4/c1-12-5-2-3-6-16(12)22-20(25)15-11-14-17(23-21(15)26)9-13(10-18(14)24)19-7-4-8-27-19/h4,7-8,11-13,16H,2-3,5-6,9-10H2,1H3,(H,22,25)(H,23,26). The molecule has 0 saturated heterocycles. The lowest BCUT2D eigenvalue weighted by atomic mass is 9.83. The lowest BCUT2D eigenvalue weighted by molar-refractivity contribution is 0.0908. The van der Waals surface area contributed by atoms with E-state index in [0.717, 1.165) is 25.0 Å². The lowest BCUT2D eigenvalue weighted by Crippen LogP contribution is -2.43. The predicted octanol–water partition coefficient (Wildman–Crippen LogP) is 3.19. The second-order valence-electron chi connectivity index (χ2n) is 7.79. The van der Waals surface area contributed by atoms with Crippen molar-refractivity contribution in [3.05, 3.63) is 57.4 Å². The van der Waals surface area contributed by atoms with Crippen LogP contribution in [0.25, 0.3) is 0 Å². The van der Waals surface area contributed by atoms with Gasteiger partial charge in [-0.1, -0.05) is 19.8 Å². The van der Waals surface area contributed by atoms with Gasteiger partial charge in [-0.3, -0.25) is 14.4 Å². The monoisotopic (exact) mass is 368 g/mol. The molecule has 6 heteroatoms. The summed E-state index contributed by atoms with van der Waals surface area (Å²) in [6.07, 6.45) is 6.69. The van der Waals surface area contributed by atoms with E-state index in [1.165, 1.54) is 12.5 Å². The number of amides is 1. The summed E-state index contributed by atoms with van der Waals surface area (Å²) in [5.41, 5.74) is 0.610. The van der Waals surface area contributed by atoms with Gasteiger partial charge in [0, 0.05) is 29.6 Å². The van der Waals surface area contributed by atoms with Crippen LogP contribution in [0.3, 0.4) is 0 Å². The third-order valence-corrected chi connectivity index (χ3v) is 5.92. The summed E-state index contributed by atoms with van der Waals surface area (Å²) in [6, 6.07) is 5.18. The van der Waals surface area contributed by atoms with E-state index in [2.05, 4.69) is 17.2 Å². The van der Waals surface area contributed by atoms with Gasteiger partial charge in [0.05, 0.1) is 6.26 Å². The normalized spacial score (nSPS) is 25.1. The van der Waals surface area contributed by atoms with Crippen molar-refractivity contribution in [2.45, 2.75) is 57.4 Å². The van der Waals surface area contributed by atoms with Crippen LogP contribution in [0.1, 0.15) is 77.1 Å². The van der Waals surface area contributed by atoms with Crippen LogP contribution in [0.5, 0.6) is 0 Å². The van der Waals surface area contributed by atoms with E-state index in [0.29, 0.717) is 30.0 Å². The molecule has 0 spiro atoms. The number of Topliss-reactive ketones (excluding diaryl/α,β-unsaturated/α-hetero) is 1. The average molecular weight is 368 g/mol. The van der Waals surface area contributed by atoms with Crippen molar-refractivity contribution < 1.29 is 14.0 Å². The Kier molecular flexibility index (Phi) is 4.72. The summed E-state index contributed by atoms with van der Waals surface area (Å²) in [5.74, 6) is 0.587. The van der Waals surface area contributed by atoms with Crippen molar-refractivity contribution in [3.63, 3.8) is 0 Å². The summed E-state index contributed by atoms with van der Waals surface area (Å²) < 4.78 is 5.41. The van der Waals surface area contributed by atoms with Gasteiger partial charge in [0.25, 0.3) is 11.5 Å². The third kappa shape index (κ3) is 3.48. The molecule has 1 saturated carbocycles. The number of nitrogens with one attached hydrogen (secondary N) is 2. The summed E-state index contributed by atoms with van der Waals surface area (Å²) in [7, 11) is 0. The molecule has 4 rings (SSSR count). The molecule has 2 aromatic heterocycles. The number of pyridine rings is 1. The van der Waals surface area contributed by atoms with Crippen LogP contribution in [0, 0.1) is 5.92 Å². The summed E-state index contributed by atoms with van der Waals surface area (Å²) in [6.45, 7) is 2.12. The first-order valence-electron chi connectivity index (χ1n) is 9.66. The number of carbonyl (C=O) groups excluding carboxylic acids is 2. The first kappa shape index (κ1) is 17.8. The minimum absolute atomic E-state index is 0.0244. The van der Waals surface area contributed by atoms with Gasteiger partial charge in [-0.05, 0) is 43.4 Å². The van der Waals surface area contributed by atoms with Crippen LogP contribution in [0.2, 0.25) is 0 Å². The largest absolute Gasteiger partial charge is 0.469 e. The number of hydrogen-bond donors (Lipinski definition) is 2. The zero-order valence-corrected chi connectivity index (χ0v) is 15.4. The molecule has 2 aromatic rings. The highest BCUT2D eigenvalue weighted by molar-refractivity contribution is 6.02. The number of aromatic nitrogens is 1. The van der Waals surface area contributed by atoms with Crippen LogP contribution in [0.4, 0.5) is 0 Å². The molecular formula is C21H24N2O4. The van der Waals surface area contributed by atoms with Gasteiger partial charge >= 0.3 is 0 Å². The smallest absolute Gasteiger partial charge is 0.261 e. The molecule has 3 unspecified atom stereocenters. The van der Waals surface area contributed by atoms with Crippen molar-refractivity contribution in [1.82, 2.24) is 10.3 Å². The van der Waals surface area contributed by atoms with E-state index in [-0.39, 0.29) is 23.3 Å². The summed E-state index contributed by atoms with van der Waals surface area (Å²) in [5, 5.41) is 2.99. The van der Waals surface area contributed by atoms with Crippen LogP contribution in [-0.2, 0) is 6.42 Å². The van der Waals surface area contributed by atoms with E-state index in [1.54, 1.807) is 12.3 Å². The fraction of sp³-hybridized carbons (Fsp3) is 0.476. The fourth-order valence-corrected chi connectivity index (χ4v) is 4.30. The van der Waals surface area contributed by atoms with Gasteiger partial charge in [-0.25, -0.2) is 0 Å². The lowest BCUT2D eigenvalue weighted by Gasteiger charge is -2.29. The van der Waals surface area contributed by atoms with Crippen molar-refractivity contribution in [1.29, 1.82) is 0 Å². The Labute approximate surface area is 157 Å². The molecule has 6 nitrogen and oxygen atoms in total. The molecule has 0 bridgehead atoms. The molecule has 27 heavy (non-hydrogen) atoms. The molecule has 3 atom stereocenters. The number of hydrogen-bond acceptors (Lipinski definition) is 4. The Hall–Kier alpha value is -2.63. The highest BCUT2D eigenvalue weighted by atomic mass is 16.3. The van der Waals surface area contributed by atoms with Gasteiger partial charge in [0.15, 0.2) is 5.78 Å². The zero-order chi connectivity index (χ0) is 19.0. The number of H-pyrrole nitrogens is 1. The van der Waals surface area contributed by atoms with Crippen molar-refractivity contribution >= 4 is 11.7 Å². The molecule has 2 aliphatic rings. The van der Waals surface area contributed by atoms with Crippen LogP contribution >= 0.6 is 0 Å². The van der Waals surface area contributed by atoms with Crippen molar-refractivity contribution in [3.8, 4) is 0 Å². The molecule has 2 N–H and O–H groups in total. The van der Waals surface area contributed by atoms with E-state index < -0.39 is 11.5 Å². The number of carbonyl (C=O) groups is 2. The minimum Gasteiger partial charge on any atom is -0.469 e. The number of aromatic amines is 1. The first-order valence-corrected chi connectivity index (χ1v) is 9.66. The summed E-state index contributed by atoms with van der Waals surface area (Å²) in [4.78, 5) is 40.6.